The minimum absolute atomic E-state index is 0.160. The molecule has 1 heterocycles. The van der Waals surface area contributed by atoms with Crippen LogP contribution in [0.1, 0.15) is 6.42 Å². The van der Waals surface area contributed by atoms with Gasteiger partial charge in [-0.05, 0) is 12.1 Å². The third-order valence-corrected chi connectivity index (χ3v) is 4.95. The first kappa shape index (κ1) is 21.3. The van der Waals surface area contributed by atoms with Crippen LogP contribution in [0.3, 0.4) is 0 Å². The van der Waals surface area contributed by atoms with Crippen LogP contribution >= 0.6 is 27.3 Å². The standard InChI is InChI=1S/C17H22BrN5O3S/c1-22(2)17(25)23(9-10-26-3)8-7-14(24)19-16-21-20-15(27-16)12-5-4-6-13(18)11-12/h4-6,11H,7-10H2,1-3H3,(H,19,21,24). The number of ether oxygens (including phenoxy) is 1. The molecule has 0 aliphatic rings. The molecule has 0 saturated carbocycles. The van der Waals surface area contributed by atoms with Crippen molar-refractivity contribution in [3.63, 3.8) is 0 Å². The number of carbonyl (C=O) groups is 2. The highest BCUT2D eigenvalue weighted by atomic mass is 79.9. The number of benzene rings is 1. The molecule has 146 valence electrons. The molecule has 0 radical (unpaired) electrons. The fourth-order valence-corrected chi connectivity index (χ4v) is 3.37. The lowest BCUT2D eigenvalue weighted by Gasteiger charge is -2.25. The Bertz CT molecular complexity index is 783. The molecule has 0 spiro atoms. The predicted molar refractivity (Wildman–Crippen MR) is 109 cm³/mol. The quantitative estimate of drug-likeness (QED) is 0.660. The molecule has 2 rings (SSSR count). The maximum atomic E-state index is 12.2. The van der Waals surface area contributed by atoms with Crippen molar-refractivity contribution in [3.05, 3.63) is 28.7 Å². The summed E-state index contributed by atoms with van der Waals surface area (Å²) in [5, 5.41) is 12.0. The van der Waals surface area contributed by atoms with Crippen molar-refractivity contribution < 1.29 is 14.3 Å². The number of amides is 3. The Hall–Kier alpha value is -2.04. The van der Waals surface area contributed by atoms with Gasteiger partial charge >= 0.3 is 6.03 Å². The smallest absolute Gasteiger partial charge is 0.319 e. The summed E-state index contributed by atoms with van der Waals surface area (Å²) < 4.78 is 5.97. The Morgan fingerprint density at radius 1 is 1.26 bits per heavy atom. The number of hydrogen-bond acceptors (Lipinski definition) is 6. The largest absolute Gasteiger partial charge is 0.383 e. The number of methoxy groups -OCH3 is 1. The zero-order chi connectivity index (χ0) is 19.8. The second-order valence-electron chi connectivity index (χ2n) is 5.88. The Morgan fingerprint density at radius 2 is 2.04 bits per heavy atom. The molecule has 27 heavy (non-hydrogen) atoms. The van der Waals surface area contributed by atoms with Gasteiger partial charge in [-0.25, -0.2) is 4.79 Å². The fraction of sp³-hybridized carbons (Fsp3) is 0.412. The summed E-state index contributed by atoms with van der Waals surface area (Å²) in [6.45, 7) is 1.13. The predicted octanol–water partition coefficient (Wildman–Crippen LogP) is 2.93. The number of aromatic nitrogens is 2. The number of nitrogens with zero attached hydrogens (tertiary/aromatic N) is 4. The molecule has 0 atom stereocenters. The number of nitrogens with one attached hydrogen (secondary N) is 1. The first-order valence-corrected chi connectivity index (χ1v) is 9.86. The van der Waals surface area contributed by atoms with Crippen LogP contribution in [0.5, 0.6) is 0 Å². The van der Waals surface area contributed by atoms with E-state index < -0.39 is 0 Å². The van der Waals surface area contributed by atoms with Gasteiger partial charge in [0.05, 0.1) is 6.61 Å². The average molecular weight is 456 g/mol. The van der Waals surface area contributed by atoms with E-state index in [4.69, 9.17) is 4.74 Å². The van der Waals surface area contributed by atoms with Crippen LogP contribution in [0, 0.1) is 0 Å². The lowest BCUT2D eigenvalue weighted by molar-refractivity contribution is -0.116. The SMILES string of the molecule is COCCN(CCC(=O)Nc1nnc(-c2cccc(Br)c2)s1)C(=O)N(C)C. The zero-order valence-corrected chi connectivity index (χ0v) is 17.8. The number of rotatable bonds is 8. The van der Waals surface area contributed by atoms with Gasteiger partial charge in [-0.3, -0.25) is 4.79 Å². The zero-order valence-electron chi connectivity index (χ0n) is 15.4. The van der Waals surface area contributed by atoms with Crippen molar-refractivity contribution in [2.24, 2.45) is 0 Å². The lowest BCUT2D eigenvalue weighted by atomic mass is 10.2. The van der Waals surface area contributed by atoms with Crippen LogP contribution < -0.4 is 5.32 Å². The van der Waals surface area contributed by atoms with Gasteiger partial charge in [0.25, 0.3) is 0 Å². The number of anilines is 1. The summed E-state index contributed by atoms with van der Waals surface area (Å²) in [5.41, 5.74) is 0.921. The summed E-state index contributed by atoms with van der Waals surface area (Å²) in [7, 11) is 4.92. The van der Waals surface area contributed by atoms with E-state index in [2.05, 4.69) is 31.4 Å². The number of urea groups is 1. The molecule has 0 aliphatic carbocycles. The monoisotopic (exact) mass is 455 g/mol. The lowest BCUT2D eigenvalue weighted by Crippen LogP contribution is -2.42. The van der Waals surface area contributed by atoms with Gasteiger partial charge in [0.2, 0.25) is 11.0 Å². The normalized spacial score (nSPS) is 10.5. The second kappa shape index (κ2) is 10.3. The number of hydrogen-bond donors (Lipinski definition) is 1. The molecule has 0 saturated heterocycles. The van der Waals surface area contributed by atoms with Gasteiger partial charge < -0.3 is 19.9 Å². The highest BCUT2D eigenvalue weighted by Crippen LogP contribution is 2.28. The third kappa shape index (κ3) is 6.56. The van der Waals surface area contributed by atoms with E-state index in [-0.39, 0.29) is 18.4 Å². The second-order valence-corrected chi connectivity index (χ2v) is 7.77. The molecular weight excluding hydrogens is 434 g/mol. The van der Waals surface area contributed by atoms with E-state index in [1.807, 2.05) is 24.3 Å². The Labute approximate surface area is 170 Å². The topological polar surface area (TPSA) is 87.7 Å². The minimum atomic E-state index is -0.221. The molecule has 0 unspecified atom stereocenters. The molecular formula is C17H22BrN5O3S. The van der Waals surface area contributed by atoms with Crippen molar-refractivity contribution in [2.45, 2.75) is 6.42 Å². The highest BCUT2D eigenvalue weighted by molar-refractivity contribution is 9.10. The van der Waals surface area contributed by atoms with Gasteiger partial charge in [0.15, 0.2) is 0 Å². The summed E-state index contributed by atoms with van der Waals surface area (Å²) in [4.78, 5) is 27.4. The molecule has 8 nitrogen and oxygen atoms in total. The summed E-state index contributed by atoms with van der Waals surface area (Å²) in [6.07, 6.45) is 0.162. The molecule has 0 fully saturated rings. The van der Waals surface area contributed by atoms with Gasteiger partial charge in [-0.2, -0.15) is 0 Å². The molecule has 0 bridgehead atoms. The number of halogens is 1. The molecule has 1 aromatic carbocycles. The van der Waals surface area contributed by atoms with E-state index in [0.29, 0.717) is 24.8 Å². The van der Waals surface area contributed by atoms with Crippen LogP contribution in [-0.2, 0) is 9.53 Å². The minimum Gasteiger partial charge on any atom is -0.383 e. The van der Waals surface area contributed by atoms with Gasteiger partial charge in [-0.15, -0.1) is 10.2 Å². The summed E-state index contributed by atoms with van der Waals surface area (Å²) in [5.74, 6) is -0.221. The molecule has 1 aromatic heterocycles. The number of carbonyl (C=O) groups excluding carboxylic acids is 2. The van der Waals surface area contributed by atoms with Crippen LogP contribution in [0.2, 0.25) is 0 Å². The highest BCUT2D eigenvalue weighted by Gasteiger charge is 2.17. The van der Waals surface area contributed by atoms with Crippen LogP contribution in [0.4, 0.5) is 9.93 Å². The van der Waals surface area contributed by atoms with Crippen LogP contribution in [0.25, 0.3) is 10.6 Å². The van der Waals surface area contributed by atoms with Crippen molar-refractivity contribution in [3.8, 4) is 10.6 Å². The summed E-state index contributed by atoms with van der Waals surface area (Å²) in [6, 6.07) is 7.55. The van der Waals surface area contributed by atoms with Gasteiger partial charge in [-0.1, -0.05) is 39.4 Å². The first-order valence-electron chi connectivity index (χ1n) is 8.25. The van der Waals surface area contributed by atoms with Crippen molar-refractivity contribution in [2.75, 3.05) is 46.2 Å². The van der Waals surface area contributed by atoms with Gasteiger partial charge in [0.1, 0.15) is 5.01 Å². The van der Waals surface area contributed by atoms with E-state index in [9.17, 15) is 9.59 Å². The van der Waals surface area contributed by atoms with E-state index in [0.717, 1.165) is 15.0 Å². The van der Waals surface area contributed by atoms with Crippen LogP contribution in [0.15, 0.2) is 28.7 Å². The maximum absolute atomic E-state index is 12.2. The molecule has 3 amide bonds. The molecule has 0 aliphatic heterocycles. The summed E-state index contributed by atoms with van der Waals surface area (Å²) >= 11 is 4.72. The third-order valence-electron chi connectivity index (χ3n) is 3.57. The Kier molecular flexibility index (Phi) is 8.14. The van der Waals surface area contributed by atoms with E-state index >= 15 is 0 Å². The Morgan fingerprint density at radius 3 is 2.70 bits per heavy atom. The van der Waals surface area contributed by atoms with E-state index in [1.165, 1.54) is 16.2 Å². The Balaban J connectivity index is 1.92. The van der Waals surface area contributed by atoms with Crippen molar-refractivity contribution in [1.82, 2.24) is 20.0 Å². The fourth-order valence-electron chi connectivity index (χ4n) is 2.22. The van der Waals surface area contributed by atoms with E-state index in [1.54, 1.807) is 26.1 Å². The van der Waals surface area contributed by atoms with Crippen molar-refractivity contribution in [1.29, 1.82) is 0 Å². The first-order chi connectivity index (χ1) is 12.9. The molecule has 10 heteroatoms. The van der Waals surface area contributed by atoms with Crippen molar-refractivity contribution >= 4 is 44.3 Å². The molecule has 1 N–H and O–H groups in total. The molecule has 2 aromatic rings. The average Bonchev–Trinajstić information content (AvgIpc) is 3.09. The maximum Gasteiger partial charge on any atom is 0.319 e. The van der Waals surface area contributed by atoms with Gasteiger partial charge in [0, 0.05) is 50.8 Å². The van der Waals surface area contributed by atoms with Crippen LogP contribution in [-0.4, -0.2) is 72.8 Å².